The fourth-order valence-corrected chi connectivity index (χ4v) is 2.58. The number of rotatable bonds is 3. The predicted octanol–water partition coefficient (Wildman–Crippen LogP) is 2.49. The molecule has 0 saturated carbocycles. The molecule has 1 aromatic heterocycles. The van der Waals surface area contributed by atoms with Gasteiger partial charge < -0.3 is 15.1 Å². The van der Waals surface area contributed by atoms with Crippen molar-refractivity contribution in [2.24, 2.45) is 0 Å². The molecule has 2 aromatic rings. The van der Waals surface area contributed by atoms with Crippen molar-refractivity contribution in [1.29, 1.82) is 0 Å². The highest BCUT2D eigenvalue weighted by Crippen LogP contribution is 2.23. The van der Waals surface area contributed by atoms with Gasteiger partial charge in [-0.25, -0.2) is 8.78 Å². The average molecular weight is 332 g/mol. The largest absolute Gasteiger partial charge is 0.349 e. The first kappa shape index (κ1) is 16.3. The minimum atomic E-state index is -0.703. The van der Waals surface area contributed by atoms with Crippen molar-refractivity contribution in [3.05, 3.63) is 53.9 Å². The van der Waals surface area contributed by atoms with Crippen LogP contribution in [0.4, 0.5) is 20.2 Å². The van der Waals surface area contributed by atoms with Crippen LogP contribution in [0.25, 0.3) is 0 Å². The third-order valence-corrected chi connectivity index (χ3v) is 4.01. The SMILES string of the molecule is CN1CCN(C(=O)c2cncc(Nc3c(F)cccc3F)c2)CC1. The number of likely N-dealkylation sites (N-methyl/N-ethyl adjacent to an activating group) is 1. The summed E-state index contributed by atoms with van der Waals surface area (Å²) in [5.74, 6) is -1.54. The molecule has 1 aliphatic rings. The molecule has 3 rings (SSSR count). The summed E-state index contributed by atoms with van der Waals surface area (Å²) in [5, 5.41) is 2.65. The highest BCUT2D eigenvalue weighted by atomic mass is 19.1. The fraction of sp³-hybridized carbons (Fsp3) is 0.294. The maximum Gasteiger partial charge on any atom is 0.255 e. The molecule has 5 nitrogen and oxygen atoms in total. The van der Waals surface area contributed by atoms with E-state index in [0.717, 1.165) is 25.2 Å². The number of piperazine rings is 1. The van der Waals surface area contributed by atoms with Gasteiger partial charge in [0.05, 0.1) is 17.4 Å². The van der Waals surface area contributed by atoms with Gasteiger partial charge in [0.2, 0.25) is 0 Å². The van der Waals surface area contributed by atoms with E-state index in [0.29, 0.717) is 24.3 Å². The smallest absolute Gasteiger partial charge is 0.255 e. The highest BCUT2D eigenvalue weighted by molar-refractivity contribution is 5.95. The van der Waals surface area contributed by atoms with Gasteiger partial charge >= 0.3 is 0 Å². The van der Waals surface area contributed by atoms with Gasteiger partial charge in [0.25, 0.3) is 5.91 Å². The Morgan fingerprint density at radius 1 is 1.12 bits per heavy atom. The number of amides is 1. The quantitative estimate of drug-likeness (QED) is 0.938. The first-order valence-electron chi connectivity index (χ1n) is 7.68. The molecule has 0 unspecified atom stereocenters. The van der Waals surface area contributed by atoms with Gasteiger partial charge in [-0.1, -0.05) is 6.07 Å². The monoisotopic (exact) mass is 332 g/mol. The van der Waals surface area contributed by atoms with Crippen molar-refractivity contribution >= 4 is 17.3 Å². The molecule has 0 radical (unpaired) electrons. The normalized spacial score (nSPS) is 15.4. The number of nitrogens with one attached hydrogen (secondary N) is 1. The Morgan fingerprint density at radius 3 is 2.46 bits per heavy atom. The van der Waals surface area contributed by atoms with Crippen LogP contribution in [0.5, 0.6) is 0 Å². The summed E-state index contributed by atoms with van der Waals surface area (Å²) in [6.07, 6.45) is 2.89. The van der Waals surface area contributed by atoms with Crippen LogP contribution < -0.4 is 5.32 Å². The van der Waals surface area contributed by atoms with Crippen LogP contribution in [0.1, 0.15) is 10.4 Å². The van der Waals surface area contributed by atoms with Gasteiger partial charge in [-0.05, 0) is 25.2 Å². The molecule has 0 aliphatic carbocycles. The molecule has 7 heteroatoms. The number of hydrogen-bond donors (Lipinski definition) is 1. The number of pyridine rings is 1. The minimum absolute atomic E-state index is 0.131. The first-order chi connectivity index (χ1) is 11.5. The first-order valence-corrected chi connectivity index (χ1v) is 7.68. The van der Waals surface area contributed by atoms with E-state index in [1.165, 1.54) is 18.5 Å². The van der Waals surface area contributed by atoms with Crippen molar-refractivity contribution in [2.45, 2.75) is 0 Å². The topological polar surface area (TPSA) is 48.5 Å². The molecular weight excluding hydrogens is 314 g/mol. The zero-order valence-electron chi connectivity index (χ0n) is 13.3. The molecule has 1 N–H and O–H groups in total. The molecule has 126 valence electrons. The summed E-state index contributed by atoms with van der Waals surface area (Å²) in [5.41, 5.74) is 0.490. The fourth-order valence-electron chi connectivity index (χ4n) is 2.58. The van der Waals surface area contributed by atoms with Crippen molar-refractivity contribution < 1.29 is 13.6 Å². The number of aromatic nitrogens is 1. The van der Waals surface area contributed by atoms with E-state index in [-0.39, 0.29) is 11.6 Å². The summed E-state index contributed by atoms with van der Waals surface area (Å²) >= 11 is 0. The third kappa shape index (κ3) is 3.51. The summed E-state index contributed by atoms with van der Waals surface area (Å²) in [4.78, 5) is 20.5. The van der Waals surface area contributed by atoms with E-state index >= 15 is 0 Å². The van der Waals surface area contributed by atoms with E-state index in [4.69, 9.17) is 0 Å². The van der Waals surface area contributed by atoms with E-state index in [1.807, 2.05) is 7.05 Å². The molecule has 2 heterocycles. The van der Waals surface area contributed by atoms with Crippen LogP contribution in [0, 0.1) is 11.6 Å². The molecule has 1 fully saturated rings. The zero-order valence-corrected chi connectivity index (χ0v) is 13.3. The number of hydrogen-bond acceptors (Lipinski definition) is 4. The number of carbonyl (C=O) groups is 1. The summed E-state index contributed by atoms with van der Waals surface area (Å²) in [6, 6.07) is 5.18. The molecule has 1 amide bonds. The van der Waals surface area contributed by atoms with E-state index < -0.39 is 11.6 Å². The number of nitrogens with zero attached hydrogens (tertiary/aromatic N) is 3. The van der Waals surface area contributed by atoms with Gasteiger partial charge in [0.15, 0.2) is 0 Å². The number of benzene rings is 1. The second-order valence-corrected chi connectivity index (χ2v) is 5.78. The van der Waals surface area contributed by atoms with Gasteiger partial charge in [-0.15, -0.1) is 0 Å². The van der Waals surface area contributed by atoms with Crippen molar-refractivity contribution in [3.8, 4) is 0 Å². The average Bonchev–Trinajstić information content (AvgIpc) is 2.59. The number of carbonyl (C=O) groups excluding carboxylic acids is 1. The lowest BCUT2D eigenvalue weighted by Gasteiger charge is -2.32. The molecule has 0 atom stereocenters. The van der Waals surface area contributed by atoms with E-state index in [2.05, 4.69) is 15.2 Å². The van der Waals surface area contributed by atoms with Gasteiger partial charge in [-0.2, -0.15) is 0 Å². The van der Waals surface area contributed by atoms with Crippen molar-refractivity contribution in [3.63, 3.8) is 0 Å². The Balaban J connectivity index is 1.78. The molecule has 1 aliphatic heterocycles. The Hall–Kier alpha value is -2.54. The summed E-state index contributed by atoms with van der Waals surface area (Å²) < 4.78 is 27.4. The lowest BCUT2D eigenvalue weighted by Crippen LogP contribution is -2.47. The van der Waals surface area contributed by atoms with Crippen LogP contribution >= 0.6 is 0 Å². The minimum Gasteiger partial charge on any atom is -0.349 e. The van der Waals surface area contributed by atoms with Gasteiger partial charge in [0.1, 0.15) is 17.3 Å². The number of halogens is 2. The van der Waals surface area contributed by atoms with Gasteiger partial charge in [0, 0.05) is 32.4 Å². The maximum absolute atomic E-state index is 13.7. The Morgan fingerprint density at radius 2 is 1.79 bits per heavy atom. The molecule has 24 heavy (non-hydrogen) atoms. The maximum atomic E-state index is 13.7. The van der Waals surface area contributed by atoms with Crippen molar-refractivity contribution in [2.75, 3.05) is 38.5 Å². The summed E-state index contributed by atoms with van der Waals surface area (Å²) in [7, 11) is 2.01. The molecule has 0 spiro atoms. The third-order valence-electron chi connectivity index (χ3n) is 4.01. The van der Waals surface area contributed by atoms with Crippen LogP contribution in [-0.2, 0) is 0 Å². The molecular formula is C17H18F2N4O. The predicted molar refractivity (Wildman–Crippen MR) is 87.3 cm³/mol. The Kier molecular flexibility index (Phi) is 4.71. The van der Waals surface area contributed by atoms with Gasteiger partial charge in [-0.3, -0.25) is 9.78 Å². The van der Waals surface area contributed by atoms with Crippen LogP contribution in [0.15, 0.2) is 36.7 Å². The molecule has 1 aromatic carbocycles. The lowest BCUT2D eigenvalue weighted by molar-refractivity contribution is 0.0663. The van der Waals surface area contributed by atoms with E-state index in [1.54, 1.807) is 11.0 Å². The Bertz CT molecular complexity index is 725. The number of para-hydroxylation sites is 1. The second-order valence-electron chi connectivity index (χ2n) is 5.78. The highest BCUT2D eigenvalue weighted by Gasteiger charge is 2.21. The standard InChI is InChI=1S/C17H18F2N4O/c1-22-5-7-23(8-6-22)17(24)12-9-13(11-20-10-12)21-16-14(18)3-2-4-15(16)19/h2-4,9-11,21H,5-8H2,1H3. The van der Waals surface area contributed by atoms with Crippen LogP contribution in [0.3, 0.4) is 0 Å². The lowest BCUT2D eigenvalue weighted by atomic mass is 10.2. The molecule has 0 bridgehead atoms. The second kappa shape index (κ2) is 6.92. The zero-order chi connectivity index (χ0) is 17.1. The Labute approximate surface area is 138 Å². The van der Waals surface area contributed by atoms with Crippen LogP contribution in [0.2, 0.25) is 0 Å². The van der Waals surface area contributed by atoms with E-state index in [9.17, 15) is 13.6 Å². The number of anilines is 2. The molecule has 1 saturated heterocycles. The van der Waals surface area contributed by atoms with Crippen molar-refractivity contribution in [1.82, 2.24) is 14.8 Å². The summed E-state index contributed by atoms with van der Waals surface area (Å²) in [6.45, 7) is 2.93. The van der Waals surface area contributed by atoms with Crippen LogP contribution in [-0.4, -0.2) is 53.9 Å².